The van der Waals surface area contributed by atoms with Gasteiger partial charge in [-0.1, -0.05) is 18.2 Å². The molecule has 0 N–H and O–H groups in total. The Bertz CT molecular complexity index is 991. The van der Waals surface area contributed by atoms with Crippen molar-refractivity contribution < 1.29 is 23.5 Å². The summed E-state index contributed by atoms with van der Waals surface area (Å²) in [4.78, 5) is 41.6. The van der Waals surface area contributed by atoms with E-state index in [1.165, 1.54) is 24.3 Å². The zero-order valence-electron chi connectivity index (χ0n) is 17.4. The largest absolute Gasteiger partial charge is 0.452 e. The van der Waals surface area contributed by atoms with Crippen LogP contribution in [0.4, 0.5) is 10.1 Å². The number of amides is 2. The van der Waals surface area contributed by atoms with Crippen molar-refractivity contribution in [1.29, 1.82) is 0 Å². The van der Waals surface area contributed by atoms with E-state index in [1.807, 2.05) is 24.3 Å². The zero-order chi connectivity index (χ0) is 22.0. The highest BCUT2D eigenvalue weighted by Crippen LogP contribution is 2.28. The SMILES string of the molecule is C[C@@H](OC(=O)[C@H]1CCCN(C(=O)c2ccc(F)cc2)C1)C(=O)N1CCc2ccccc21. The van der Waals surface area contributed by atoms with E-state index in [0.717, 1.165) is 17.7 Å². The fraction of sp³-hybridized carbons (Fsp3) is 0.375. The molecule has 0 saturated carbocycles. The lowest BCUT2D eigenvalue weighted by Crippen LogP contribution is -2.45. The maximum Gasteiger partial charge on any atom is 0.311 e. The second-order valence-corrected chi connectivity index (χ2v) is 8.04. The first-order chi connectivity index (χ1) is 14.9. The minimum absolute atomic E-state index is 0.225. The maximum absolute atomic E-state index is 13.1. The maximum atomic E-state index is 13.1. The van der Waals surface area contributed by atoms with Crippen molar-refractivity contribution in [3.63, 3.8) is 0 Å². The van der Waals surface area contributed by atoms with Gasteiger partial charge in [0.05, 0.1) is 5.92 Å². The lowest BCUT2D eigenvalue weighted by Gasteiger charge is -2.32. The number of para-hydroxylation sites is 1. The summed E-state index contributed by atoms with van der Waals surface area (Å²) in [7, 11) is 0. The molecule has 0 unspecified atom stereocenters. The first kappa shape index (κ1) is 21.0. The summed E-state index contributed by atoms with van der Waals surface area (Å²) in [6.07, 6.45) is 1.14. The number of rotatable bonds is 4. The van der Waals surface area contributed by atoms with E-state index < -0.39 is 23.8 Å². The van der Waals surface area contributed by atoms with Gasteiger partial charge in [-0.3, -0.25) is 14.4 Å². The van der Waals surface area contributed by atoms with Crippen molar-refractivity contribution in [2.75, 3.05) is 24.5 Å². The summed E-state index contributed by atoms with van der Waals surface area (Å²) in [5.41, 5.74) is 2.35. The second-order valence-electron chi connectivity index (χ2n) is 8.04. The van der Waals surface area contributed by atoms with Crippen LogP contribution in [0.15, 0.2) is 48.5 Å². The topological polar surface area (TPSA) is 66.9 Å². The highest BCUT2D eigenvalue weighted by atomic mass is 19.1. The molecular formula is C24H25FN2O4. The van der Waals surface area contributed by atoms with Gasteiger partial charge in [-0.25, -0.2) is 4.39 Å². The molecule has 0 aromatic heterocycles. The van der Waals surface area contributed by atoms with Gasteiger partial charge >= 0.3 is 5.97 Å². The Hall–Kier alpha value is -3.22. The van der Waals surface area contributed by atoms with Crippen LogP contribution in [0, 0.1) is 11.7 Å². The van der Waals surface area contributed by atoms with Gasteiger partial charge in [-0.05, 0) is 62.1 Å². The molecule has 0 radical (unpaired) electrons. The van der Waals surface area contributed by atoms with Gasteiger partial charge in [0.2, 0.25) is 0 Å². The van der Waals surface area contributed by atoms with Gasteiger partial charge in [0, 0.05) is 30.9 Å². The highest BCUT2D eigenvalue weighted by molar-refractivity contribution is 5.99. The zero-order valence-corrected chi connectivity index (χ0v) is 17.4. The van der Waals surface area contributed by atoms with Gasteiger partial charge < -0.3 is 14.5 Å². The Morgan fingerprint density at radius 2 is 1.81 bits per heavy atom. The molecule has 1 saturated heterocycles. The van der Waals surface area contributed by atoms with Gasteiger partial charge in [0.15, 0.2) is 6.10 Å². The molecule has 4 rings (SSSR count). The van der Waals surface area contributed by atoms with Crippen molar-refractivity contribution in [3.8, 4) is 0 Å². The smallest absolute Gasteiger partial charge is 0.311 e. The fourth-order valence-electron chi connectivity index (χ4n) is 4.24. The molecule has 2 aromatic carbocycles. The number of nitrogens with zero attached hydrogens (tertiary/aromatic N) is 2. The average molecular weight is 424 g/mol. The number of benzene rings is 2. The number of hydrogen-bond donors (Lipinski definition) is 0. The molecule has 0 bridgehead atoms. The molecular weight excluding hydrogens is 399 g/mol. The summed E-state index contributed by atoms with van der Waals surface area (Å²) in [6.45, 7) is 2.91. The molecule has 7 heteroatoms. The summed E-state index contributed by atoms with van der Waals surface area (Å²) in [5.74, 6) is -1.84. The third-order valence-electron chi connectivity index (χ3n) is 5.93. The van der Waals surface area contributed by atoms with Gasteiger partial charge in [0.1, 0.15) is 5.82 Å². The Labute approximate surface area is 180 Å². The number of piperidine rings is 1. The second kappa shape index (κ2) is 8.88. The summed E-state index contributed by atoms with van der Waals surface area (Å²) < 4.78 is 18.6. The molecule has 1 fully saturated rings. The minimum atomic E-state index is -0.901. The van der Waals surface area contributed by atoms with Crippen LogP contribution in [0.1, 0.15) is 35.7 Å². The quantitative estimate of drug-likeness (QED) is 0.707. The number of carbonyl (C=O) groups excluding carboxylic acids is 3. The minimum Gasteiger partial charge on any atom is -0.452 e. The highest BCUT2D eigenvalue weighted by Gasteiger charge is 2.34. The number of likely N-dealkylation sites (tertiary alicyclic amines) is 1. The van der Waals surface area contributed by atoms with Crippen LogP contribution in [-0.4, -0.2) is 48.4 Å². The molecule has 0 spiro atoms. The Kier molecular flexibility index (Phi) is 6.02. The van der Waals surface area contributed by atoms with E-state index in [2.05, 4.69) is 0 Å². The van der Waals surface area contributed by atoms with Crippen LogP contribution in [0.2, 0.25) is 0 Å². The molecule has 2 aliphatic rings. The Morgan fingerprint density at radius 3 is 2.58 bits per heavy atom. The third-order valence-corrected chi connectivity index (χ3v) is 5.93. The molecule has 31 heavy (non-hydrogen) atoms. The van der Waals surface area contributed by atoms with Crippen molar-refractivity contribution in [2.45, 2.75) is 32.3 Å². The summed E-state index contributed by atoms with van der Waals surface area (Å²) >= 11 is 0. The molecule has 2 atom stereocenters. The fourth-order valence-corrected chi connectivity index (χ4v) is 4.24. The van der Waals surface area contributed by atoms with Crippen LogP contribution in [0.5, 0.6) is 0 Å². The molecule has 2 amide bonds. The van der Waals surface area contributed by atoms with Gasteiger partial charge in [-0.2, -0.15) is 0 Å². The number of halogens is 1. The first-order valence-electron chi connectivity index (χ1n) is 10.6. The molecule has 2 aliphatic heterocycles. The standard InChI is InChI=1S/C24H25FN2O4/c1-16(22(28)27-14-12-17-5-2-3-7-21(17)27)31-24(30)19-6-4-13-26(15-19)23(29)18-8-10-20(25)11-9-18/h2-3,5,7-11,16,19H,4,6,12-15H2,1H3/t16-,19+/m1/s1. The van der Waals surface area contributed by atoms with Crippen LogP contribution >= 0.6 is 0 Å². The summed E-state index contributed by atoms with van der Waals surface area (Å²) in [5, 5.41) is 0. The number of ether oxygens (including phenoxy) is 1. The molecule has 6 nitrogen and oxygen atoms in total. The number of hydrogen-bond acceptors (Lipinski definition) is 4. The van der Waals surface area contributed by atoms with Gasteiger partial charge in [0.25, 0.3) is 11.8 Å². The number of esters is 1. The van der Waals surface area contributed by atoms with Crippen LogP contribution in [-0.2, 0) is 20.7 Å². The van der Waals surface area contributed by atoms with Crippen LogP contribution < -0.4 is 4.90 Å². The molecule has 2 aromatic rings. The molecule has 0 aliphatic carbocycles. The lowest BCUT2D eigenvalue weighted by atomic mass is 9.97. The normalized spacial score (nSPS) is 19.0. The average Bonchev–Trinajstić information content (AvgIpc) is 3.22. The van der Waals surface area contributed by atoms with Crippen molar-refractivity contribution >= 4 is 23.5 Å². The van der Waals surface area contributed by atoms with E-state index in [0.29, 0.717) is 31.5 Å². The number of anilines is 1. The van der Waals surface area contributed by atoms with Crippen molar-refractivity contribution in [2.24, 2.45) is 5.92 Å². The predicted molar refractivity (Wildman–Crippen MR) is 113 cm³/mol. The Morgan fingerprint density at radius 1 is 1.06 bits per heavy atom. The van der Waals surface area contributed by atoms with E-state index in [4.69, 9.17) is 4.74 Å². The molecule has 162 valence electrons. The number of carbonyl (C=O) groups is 3. The monoisotopic (exact) mass is 424 g/mol. The van der Waals surface area contributed by atoms with Gasteiger partial charge in [-0.15, -0.1) is 0 Å². The molecule has 2 heterocycles. The van der Waals surface area contributed by atoms with Crippen LogP contribution in [0.25, 0.3) is 0 Å². The van der Waals surface area contributed by atoms with E-state index in [-0.39, 0.29) is 18.4 Å². The van der Waals surface area contributed by atoms with E-state index in [9.17, 15) is 18.8 Å². The van der Waals surface area contributed by atoms with E-state index >= 15 is 0 Å². The van der Waals surface area contributed by atoms with E-state index in [1.54, 1.807) is 16.7 Å². The van der Waals surface area contributed by atoms with Crippen LogP contribution in [0.3, 0.4) is 0 Å². The van der Waals surface area contributed by atoms with Crippen molar-refractivity contribution in [3.05, 3.63) is 65.5 Å². The predicted octanol–water partition coefficient (Wildman–Crippen LogP) is 3.20. The lowest BCUT2D eigenvalue weighted by molar-refractivity contribution is -0.159. The van der Waals surface area contributed by atoms with Crippen molar-refractivity contribution in [1.82, 2.24) is 4.90 Å². The first-order valence-corrected chi connectivity index (χ1v) is 10.6. The third kappa shape index (κ3) is 4.45. The summed E-state index contributed by atoms with van der Waals surface area (Å²) in [6, 6.07) is 13.1. The number of fused-ring (bicyclic) bond motifs is 1. The Balaban J connectivity index is 1.36.